The molecular formula is C29H39Cl2F4N9O2. The molecule has 5 N–H and O–H groups in total. The number of rotatable bonds is 7. The molecule has 17 heteroatoms. The van der Waals surface area contributed by atoms with E-state index in [1.54, 1.807) is 0 Å². The molecule has 2 aromatic heterocycles. The first-order valence-electron chi connectivity index (χ1n) is 15.3. The van der Waals surface area contributed by atoms with Crippen LogP contribution in [-0.2, 0) is 11.0 Å². The Morgan fingerprint density at radius 1 is 0.935 bits per heavy atom. The Morgan fingerprint density at radius 3 is 2.28 bits per heavy atom. The minimum atomic E-state index is -4.88. The topological polar surface area (TPSA) is 135 Å². The third kappa shape index (κ3) is 8.41. The van der Waals surface area contributed by atoms with Crippen molar-refractivity contribution in [1.82, 2.24) is 24.6 Å². The molecule has 0 spiro atoms. The van der Waals surface area contributed by atoms with E-state index in [0.29, 0.717) is 61.4 Å². The highest BCUT2D eigenvalue weighted by molar-refractivity contribution is 5.86. The van der Waals surface area contributed by atoms with Crippen LogP contribution in [-0.4, -0.2) is 61.9 Å². The monoisotopic (exact) mass is 691 g/mol. The predicted molar refractivity (Wildman–Crippen MR) is 171 cm³/mol. The molecule has 11 nitrogen and oxygen atoms in total. The summed E-state index contributed by atoms with van der Waals surface area (Å²) in [6, 6.07) is 3.11. The number of halogens is 6. The molecule has 1 aromatic carbocycles. The minimum absolute atomic E-state index is 0. The number of alkyl halides is 3. The molecule has 3 fully saturated rings. The zero-order chi connectivity index (χ0) is 30.8. The molecule has 1 amide bonds. The standard InChI is InChI=1S/C29H37F4N9O2.2ClH/c30-23-10-9-20(15-22(23)29(31,32)33)38-28(43)44-41-13-11-19(12-14-41)36-25-24-26(42(16-35-24)21-3-1-2-4-21)40-27(39-25)37-18-7-5-17(34)6-8-18;;/h9-10,15-19,21H,1-8,11-14,34H2,(H,38,43)(H2,36,37,39,40);2*1H. The number of imidazole rings is 1. The fourth-order valence-corrected chi connectivity index (χ4v) is 6.34. The maximum atomic E-state index is 13.6. The molecule has 254 valence electrons. The molecule has 1 aliphatic heterocycles. The number of aromatic nitrogens is 4. The molecule has 3 aliphatic rings. The maximum Gasteiger partial charge on any atom is 0.430 e. The molecular weight excluding hydrogens is 653 g/mol. The number of nitrogens with one attached hydrogen (secondary N) is 3. The average molecular weight is 693 g/mol. The Hall–Kier alpha value is -3.14. The van der Waals surface area contributed by atoms with Crippen LogP contribution >= 0.6 is 24.8 Å². The van der Waals surface area contributed by atoms with Gasteiger partial charge in [0.1, 0.15) is 5.82 Å². The largest absolute Gasteiger partial charge is 0.430 e. The summed E-state index contributed by atoms with van der Waals surface area (Å²) in [5.41, 5.74) is 5.93. The Kier molecular flexibility index (Phi) is 11.8. The fourth-order valence-electron chi connectivity index (χ4n) is 6.34. The lowest BCUT2D eigenvalue weighted by molar-refractivity contribution is -0.139. The number of nitrogens with zero attached hydrogens (tertiary/aromatic N) is 5. The Bertz CT molecular complexity index is 1470. The third-order valence-corrected chi connectivity index (χ3v) is 8.77. The smallest absolute Gasteiger partial charge is 0.365 e. The van der Waals surface area contributed by atoms with Crippen molar-refractivity contribution in [2.24, 2.45) is 5.73 Å². The fraction of sp³-hybridized carbons (Fsp3) is 0.586. The Morgan fingerprint density at radius 2 is 1.61 bits per heavy atom. The normalized spacial score (nSPS) is 21.3. The summed E-state index contributed by atoms with van der Waals surface area (Å²) < 4.78 is 54.8. The van der Waals surface area contributed by atoms with E-state index < -0.39 is 23.7 Å². The highest BCUT2D eigenvalue weighted by atomic mass is 35.5. The molecule has 46 heavy (non-hydrogen) atoms. The van der Waals surface area contributed by atoms with Crippen LogP contribution in [0.3, 0.4) is 0 Å². The number of amides is 1. The summed E-state index contributed by atoms with van der Waals surface area (Å²) in [6.45, 7) is 0.779. The highest BCUT2D eigenvalue weighted by Crippen LogP contribution is 2.35. The minimum Gasteiger partial charge on any atom is -0.365 e. The molecule has 1 saturated heterocycles. The van der Waals surface area contributed by atoms with Gasteiger partial charge in [0.15, 0.2) is 17.0 Å². The van der Waals surface area contributed by atoms with Crippen molar-refractivity contribution < 1.29 is 27.2 Å². The van der Waals surface area contributed by atoms with E-state index in [4.69, 9.17) is 25.5 Å². The van der Waals surface area contributed by atoms with Gasteiger partial charge in [-0.15, -0.1) is 29.9 Å². The SMILES string of the molecule is Cl.Cl.NC1CCC(Nc2nc(NC3CCN(OC(=O)Nc4ccc(F)c(C(F)(F)F)c4)CC3)c3ncn(C4CCCC4)c3n2)CC1. The number of benzene rings is 1. The third-order valence-electron chi connectivity index (χ3n) is 8.77. The molecule has 0 atom stereocenters. The Labute approximate surface area is 276 Å². The van der Waals surface area contributed by atoms with Gasteiger partial charge in [-0.2, -0.15) is 23.1 Å². The van der Waals surface area contributed by atoms with E-state index in [9.17, 15) is 22.4 Å². The van der Waals surface area contributed by atoms with Crippen molar-refractivity contribution in [2.75, 3.05) is 29.0 Å². The summed E-state index contributed by atoms with van der Waals surface area (Å²) in [6.07, 6.45) is 5.65. The van der Waals surface area contributed by atoms with E-state index in [1.165, 1.54) is 17.9 Å². The molecule has 3 aromatic rings. The van der Waals surface area contributed by atoms with Crippen molar-refractivity contribution in [3.05, 3.63) is 35.9 Å². The molecule has 2 saturated carbocycles. The lowest BCUT2D eigenvalue weighted by Crippen LogP contribution is -2.41. The first-order valence-corrected chi connectivity index (χ1v) is 15.3. The zero-order valence-corrected chi connectivity index (χ0v) is 26.7. The number of hydroxylamine groups is 2. The lowest BCUT2D eigenvalue weighted by Gasteiger charge is -2.31. The van der Waals surface area contributed by atoms with Crippen LogP contribution in [0, 0.1) is 5.82 Å². The second kappa shape index (κ2) is 15.2. The van der Waals surface area contributed by atoms with Crippen LogP contribution in [0.4, 0.5) is 39.8 Å². The maximum absolute atomic E-state index is 13.6. The second-order valence-corrected chi connectivity index (χ2v) is 12.0. The molecule has 3 heterocycles. The summed E-state index contributed by atoms with van der Waals surface area (Å²) >= 11 is 0. The van der Waals surface area contributed by atoms with Crippen LogP contribution in [0.25, 0.3) is 11.2 Å². The molecule has 2 aliphatic carbocycles. The van der Waals surface area contributed by atoms with Crippen molar-refractivity contribution in [2.45, 2.75) is 94.6 Å². The van der Waals surface area contributed by atoms with Gasteiger partial charge in [-0.05, 0) is 69.6 Å². The van der Waals surface area contributed by atoms with E-state index in [2.05, 4.69) is 20.5 Å². The van der Waals surface area contributed by atoms with E-state index in [1.807, 2.05) is 6.33 Å². The van der Waals surface area contributed by atoms with Crippen LogP contribution in [0.2, 0.25) is 0 Å². The number of hydrogen-bond acceptors (Lipinski definition) is 9. The first-order chi connectivity index (χ1) is 21.1. The molecule has 0 unspecified atom stereocenters. The van der Waals surface area contributed by atoms with Crippen molar-refractivity contribution in [1.29, 1.82) is 0 Å². The van der Waals surface area contributed by atoms with E-state index >= 15 is 0 Å². The molecule has 0 radical (unpaired) electrons. The van der Waals surface area contributed by atoms with E-state index in [-0.39, 0.29) is 48.6 Å². The second-order valence-electron chi connectivity index (χ2n) is 12.0. The van der Waals surface area contributed by atoms with Crippen LogP contribution in [0.5, 0.6) is 0 Å². The number of carbonyl (C=O) groups excluding carboxylic acids is 1. The van der Waals surface area contributed by atoms with Gasteiger partial charge in [0, 0.05) is 42.9 Å². The van der Waals surface area contributed by atoms with Crippen molar-refractivity contribution in [3.63, 3.8) is 0 Å². The molecule has 6 rings (SSSR count). The quantitative estimate of drug-likeness (QED) is 0.201. The number of piperidine rings is 1. The average Bonchev–Trinajstić information content (AvgIpc) is 3.66. The van der Waals surface area contributed by atoms with Gasteiger partial charge >= 0.3 is 12.3 Å². The summed E-state index contributed by atoms with van der Waals surface area (Å²) in [7, 11) is 0. The number of hydrogen-bond donors (Lipinski definition) is 4. The zero-order valence-electron chi connectivity index (χ0n) is 25.1. The van der Waals surface area contributed by atoms with Crippen molar-refractivity contribution in [3.8, 4) is 0 Å². The summed E-state index contributed by atoms with van der Waals surface area (Å²) in [5, 5.41) is 10.8. The van der Waals surface area contributed by atoms with Crippen LogP contribution < -0.4 is 21.7 Å². The van der Waals surface area contributed by atoms with Gasteiger partial charge in [0.2, 0.25) is 5.95 Å². The van der Waals surface area contributed by atoms with Gasteiger partial charge in [-0.3, -0.25) is 5.32 Å². The highest BCUT2D eigenvalue weighted by Gasteiger charge is 2.34. The number of nitrogens with two attached hydrogens (primary N) is 1. The van der Waals surface area contributed by atoms with Crippen molar-refractivity contribution >= 4 is 59.5 Å². The first kappa shape index (κ1) is 35.7. The lowest BCUT2D eigenvalue weighted by atomic mass is 9.92. The van der Waals surface area contributed by atoms with Gasteiger partial charge in [-0.25, -0.2) is 14.2 Å². The Balaban J connectivity index is 0.00000240. The van der Waals surface area contributed by atoms with Gasteiger partial charge in [0.05, 0.1) is 11.9 Å². The predicted octanol–water partition coefficient (Wildman–Crippen LogP) is 6.66. The molecule has 0 bridgehead atoms. The van der Waals surface area contributed by atoms with E-state index in [0.717, 1.165) is 50.2 Å². The van der Waals surface area contributed by atoms with Gasteiger partial charge in [-0.1, -0.05) is 12.8 Å². The number of anilines is 3. The van der Waals surface area contributed by atoms with Crippen LogP contribution in [0.15, 0.2) is 24.5 Å². The summed E-state index contributed by atoms with van der Waals surface area (Å²) in [4.78, 5) is 32.1. The summed E-state index contributed by atoms with van der Waals surface area (Å²) in [5.74, 6) is -0.207. The van der Waals surface area contributed by atoms with Crippen LogP contribution in [0.1, 0.15) is 75.8 Å². The van der Waals surface area contributed by atoms with Gasteiger partial charge in [0.25, 0.3) is 0 Å². The van der Waals surface area contributed by atoms with Gasteiger partial charge < -0.3 is 25.8 Å². The number of fused-ring (bicyclic) bond motifs is 1. The number of carbonyl (C=O) groups is 1.